The van der Waals surface area contributed by atoms with Crippen molar-refractivity contribution in [3.63, 3.8) is 0 Å². The lowest BCUT2D eigenvalue weighted by molar-refractivity contribution is -0.117. The molecule has 3 nitrogen and oxygen atoms in total. The highest BCUT2D eigenvalue weighted by Gasteiger charge is 2.32. The zero-order chi connectivity index (χ0) is 13.4. The van der Waals surface area contributed by atoms with Crippen molar-refractivity contribution >= 4 is 29.1 Å². The molecule has 3 rings (SSSR count). The number of benzene rings is 2. The molecule has 0 fully saturated rings. The van der Waals surface area contributed by atoms with Crippen molar-refractivity contribution in [3.05, 3.63) is 64.7 Å². The first-order valence-electron chi connectivity index (χ1n) is 5.88. The van der Waals surface area contributed by atoms with Gasteiger partial charge in [-0.25, -0.2) is 4.90 Å². The summed E-state index contributed by atoms with van der Waals surface area (Å²) in [4.78, 5) is 25.8. The summed E-state index contributed by atoms with van der Waals surface area (Å²) in [5.74, 6) is -0.572. The summed E-state index contributed by atoms with van der Waals surface area (Å²) < 4.78 is 0. The van der Waals surface area contributed by atoms with Crippen molar-refractivity contribution in [1.29, 1.82) is 0 Å². The third kappa shape index (κ3) is 1.92. The second kappa shape index (κ2) is 4.52. The fourth-order valence-electron chi connectivity index (χ4n) is 2.24. The molecule has 2 amide bonds. The van der Waals surface area contributed by atoms with Crippen LogP contribution in [0.3, 0.4) is 0 Å². The Morgan fingerprint density at radius 3 is 2.42 bits per heavy atom. The molecule has 0 aliphatic carbocycles. The quantitative estimate of drug-likeness (QED) is 0.748. The summed E-state index contributed by atoms with van der Waals surface area (Å²) in [6.45, 7) is 0. The van der Waals surface area contributed by atoms with Crippen LogP contribution in [0, 0.1) is 0 Å². The summed E-state index contributed by atoms with van der Waals surface area (Å²) in [6, 6.07) is 14.0. The van der Waals surface area contributed by atoms with E-state index in [1.54, 1.807) is 42.5 Å². The molecule has 1 aliphatic heterocycles. The van der Waals surface area contributed by atoms with Gasteiger partial charge in [-0.2, -0.15) is 0 Å². The number of anilines is 1. The number of amides is 2. The minimum absolute atomic E-state index is 0.215. The smallest absolute Gasteiger partial charge is 0.265 e. The molecule has 0 saturated heterocycles. The first kappa shape index (κ1) is 11.9. The van der Waals surface area contributed by atoms with E-state index in [-0.39, 0.29) is 18.2 Å². The van der Waals surface area contributed by atoms with Gasteiger partial charge < -0.3 is 0 Å². The van der Waals surface area contributed by atoms with Crippen LogP contribution in [0.15, 0.2) is 48.5 Å². The Bertz CT molecular complexity index is 681. The van der Waals surface area contributed by atoms with Crippen molar-refractivity contribution in [2.24, 2.45) is 0 Å². The molecule has 2 aromatic rings. The zero-order valence-corrected chi connectivity index (χ0v) is 10.7. The maximum Gasteiger partial charge on any atom is 0.265 e. The minimum Gasteiger partial charge on any atom is -0.274 e. The number of halogens is 1. The van der Waals surface area contributed by atoms with Gasteiger partial charge >= 0.3 is 0 Å². The molecule has 1 heterocycles. The third-order valence-corrected chi connectivity index (χ3v) is 3.45. The van der Waals surface area contributed by atoms with E-state index in [1.165, 1.54) is 0 Å². The van der Waals surface area contributed by atoms with Crippen LogP contribution >= 0.6 is 11.6 Å². The highest BCUT2D eigenvalue weighted by molar-refractivity contribution is 6.36. The van der Waals surface area contributed by atoms with Crippen LogP contribution in [-0.4, -0.2) is 11.8 Å². The largest absolute Gasteiger partial charge is 0.274 e. The van der Waals surface area contributed by atoms with Gasteiger partial charge in [-0.3, -0.25) is 9.59 Å². The zero-order valence-electron chi connectivity index (χ0n) is 9.97. The van der Waals surface area contributed by atoms with Gasteiger partial charge in [0.1, 0.15) is 0 Å². The van der Waals surface area contributed by atoms with Crippen molar-refractivity contribution < 1.29 is 9.59 Å². The molecule has 1 aliphatic rings. The van der Waals surface area contributed by atoms with Crippen LogP contribution < -0.4 is 4.90 Å². The summed E-state index contributed by atoms with van der Waals surface area (Å²) in [6.07, 6.45) is 0.215. The molecule has 0 aromatic heterocycles. The topological polar surface area (TPSA) is 37.4 Å². The van der Waals surface area contributed by atoms with Gasteiger partial charge in [-0.1, -0.05) is 41.9 Å². The number of fused-ring (bicyclic) bond motifs is 1. The lowest BCUT2D eigenvalue weighted by Crippen LogP contribution is -2.42. The van der Waals surface area contributed by atoms with Crippen molar-refractivity contribution in [2.45, 2.75) is 6.42 Å². The standard InChI is InChI=1S/C15H10ClNO2/c16-12-7-3-4-8-13(12)17-14(18)9-10-5-1-2-6-11(10)15(17)19/h1-8H,9H2. The van der Waals surface area contributed by atoms with Gasteiger partial charge in [-0.15, -0.1) is 0 Å². The Balaban J connectivity index is 2.12. The molecule has 19 heavy (non-hydrogen) atoms. The number of hydrogen-bond acceptors (Lipinski definition) is 2. The number of hydrogen-bond donors (Lipinski definition) is 0. The number of nitrogens with zero attached hydrogens (tertiary/aromatic N) is 1. The van der Waals surface area contributed by atoms with E-state index in [0.717, 1.165) is 10.5 Å². The molecule has 0 spiro atoms. The van der Waals surface area contributed by atoms with E-state index < -0.39 is 0 Å². The van der Waals surface area contributed by atoms with Crippen molar-refractivity contribution in [3.8, 4) is 0 Å². The van der Waals surface area contributed by atoms with E-state index in [4.69, 9.17) is 11.6 Å². The Morgan fingerprint density at radius 1 is 0.947 bits per heavy atom. The number of carbonyl (C=O) groups is 2. The lowest BCUT2D eigenvalue weighted by Gasteiger charge is -2.27. The molecule has 4 heteroatoms. The summed E-state index contributed by atoms with van der Waals surface area (Å²) in [5, 5.41) is 0.392. The van der Waals surface area contributed by atoms with Crippen molar-refractivity contribution in [2.75, 3.05) is 4.90 Å². The predicted molar refractivity (Wildman–Crippen MR) is 73.4 cm³/mol. The number of rotatable bonds is 1. The molecule has 2 aromatic carbocycles. The van der Waals surface area contributed by atoms with E-state index in [9.17, 15) is 9.59 Å². The minimum atomic E-state index is -0.319. The highest BCUT2D eigenvalue weighted by atomic mass is 35.5. The van der Waals surface area contributed by atoms with E-state index >= 15 is 0 Å². The van der Waals surface area contributed by atoms with Gasteiger partial charge in [-0.05, 0) is 23.8 Å². The van der Waals surface area contributed by atoms with E-state index in [1.807, 2.05) is 6.07 Å². The Kier molecular flexibility index (Phi) is 2.84. The van der Waals surface area contributed by atoms with Crippen LogP contribution in [0.1, 0.15) is 15.9 Å². The Labute approximate surface area is 115 Å². The normalized spacial score (nSPS) is 14.5. The third-order valence-electron chi connectivity index (χ3n) is 3.14. The molecule has 0 saturated carbocycles. The fourth-order valence-corrected chi connectivity index (χ4v) is 2.46. The average Bonchev–Trinajstić information content (AvgIpc) is 2.41. The van der Waals surface area contributed by atoms with Gasteiger partial charge in [0.2, 0.25) is 5.91 Å². The number of carbonyl (C=O) groups excluding carboxylic acids is 2. The Hall–Kier alpha value is -2.13. The monoisotopic (exact) mass is 271 g/mol. The summed E-state index contributed by atoms with van der Waals surface area (Å²) >= 11 is 6.07. The van der Waals surface area contributed by atoms with Gasteiger partial charge in [0.25, 0.3) is 5.91 Å². The second-order valence-corrected chi connectivity index (χ2v) is 4.73. The van der Waals surface area contributed by atoms with Crippen molar-refractivity contribution in [1.82, 2.24) is 0 Å². The fraction of sp³-hybridized carbons (Fsp3) is 0.0667. The van der Waals surface area contributed by atoms with Crippen LogP contribution in [0.5, 0.6) is 0 Å². The molecule has 0 bridgehead atoms. The predicted octanol–water partition coefficient (Wildman–Crippen LogP) is 3.07. The molecule has 0 atom stereocenters. The SMILES string of the molecule is O=C1Cc2ccccc2C(=O)N1c1ccccc1Cl. The van der Waals surface area contributed by atoms with Crippen LogP contribution in [0.4, 0.5) is 5.69 Å². The average molecular weight is 272 g/mol. The van der Waals surface area contributed by atoms with Gasteiger partial charge in [0.15, 0.2) is 0 Å². The highest BCUT2D eigenvalue weighted by Crippen LogP contribution is 2.30. The molecule has 0 N–H and O–H groups in total. The lowest BCUT2D eigenvalue weighted by atomic mass is 9.98. The summed E-state index contributed by atoms with van der Waals surface area (Å²) in [5.41, 5.74) is 1.76. The van der Waals surface area contributed by atoms with Gasteiger partial charge in [0, 0.05) is 5.56 Å². The first-order chi connectivity index (χ1) is 9.18. The number of imide groups is 1. The van der Waals surface area contributed by atoms with Crippen LogP contribution in [0.25, 0.3) is 0 Å². The second-order valence-electron chi connectivity index (χ2n) is 4.32. The van der Waals surface area contributed by atoms with E-state index in [0.29, 0.717) is 16.3 Å². The van der Waals surface area contributed by atoms with E-state index in [2.05, 4.69) is 0 Å². The summed E-state index contributed by atoms with van der Waals surface area (Å²) in [7, 11) is 0. The van der Waals surface area contributed by atoms with Gasteiger partial charge in [0.05, 0.1) is 17.1 Å². The van der Waals surface area contributed by atoms with Crippen LogP contribution in [0.2, 0.25) is 5.02 Å². The first-order valence-corrected chi connectivity index (χ1v) is 6.26. The molecular formula is C15H10ClNO2. The Morgan fingerprint density at radius 2 is 1.63 bits per heavy atom. The molecule has 0 radical (unpaired) electrons. The molecular weight excluding hydrogens is 262 g/mol. The van der Waals surface area contributed by atoms with Crippen LogP contribution in [-0.2, 0) is 11.2 Å². The molecule has 0 unspecified atom stereocenters. The molecule has 94 valence electrons. The maximum atomic E-state index is 12.4. The number of para-hydroxylation sites is 1. The maximum absolute atomic E-state index is 12.4.